The van der Waals surface area contributed by atoms with Crippen LogP contribution in [0.15, 0.2) is 48.5 Å². The lowest BCUT2D eigenvalue weighted by Gasteiger charge is -2.42. The normalized spacial score (nSPS) is 18.2. The van der Waals surface area contributed by atoms with E-state index in [-0.39, 0.29) is 0 Å². The Bertz CT molecular complexity index is 2050. The van der Waals surface area contributed by atoms with Gasteiger partial charge in [0, 0.05) is 49.4 Å². The third-order valence-corrected chi connectivity index (χ3v) is 11.2. The second kappa shape index (κ2) is 14.8. The van der Waals surface area contributed by atoms with Crippen LogP contribution in [0.3, 0.4) is 0 Å². The molecule has 0 unspecified atom stereocenters. The standard InChI is InChI=1S/C21H22N2O3.C21H23NO4/c1-24-19-9-14-6-7-23-12-17-13(4-5-15(11-22)21(17)26-3)8-18(23)16(14)10-20(19)25-2;1-24-19-9-14-6-7-22-11-17-13(4-5-15(12-23)21(17)26-3)8-18(22)16(14)10-20(19)25-2/h4-5,9-10,18H,6-8,12H2,1-3H3;4-5,9-10,12,18H,6-8,11H2,1-3H3/t2*18-/m00/s1. The largest absolute Gasteiger partial charge is 0.496 e. The van der Waals surface area contributed by atoms with Crippen molar-refractivity contribution in [2.75, 3.05) is 55.7 Å². The van der Waals surface area contributed by atoms with E-state index in [4.69, 9.17) is 28.4 Å². The molecule has 0 saturated carbocycles. The summed E-state index contributed by atoms with van der Waals surface area (Å²) in [4.78, 5) is 16.3. The minimum atomic E-state index is 0.304. The highest BCUT2D eigenvalue weighted by molar-refractivity contribution is 5.81. The summed E-state index contributed by atoms with van der Waals surface area (Å²) in [5, 5.41) is 9.35. The Morgan fingerprint density at radius 2 is 1.08 bits per heavy atom. The number of nitriles is 1. The monoisotopic (exact) mass is 703 g/mol. The van der Waals surface area contributed by atoms with Gasteiger partial charge in [0.15, 0.2) is 29.3 Å². The first-order valence-corrected chi connectivity index (χ1v) is 17.6. The van der Waals surface area contributed by atoms with Gasteiger partial charge in [-0.3, -0.25) is 14.6 Å². The van der Waals surface area contributed by atoms with Gasteiger partial charge in [-0.2, -0.15) is 5.26 Å². The Kier molecular flexibility index (Phi) is 10.00. The number of ether oxygens (including phenoxy) is 6. The van der Waals surface area contributed by atoms with E-state index in [0.717, 1.165) is 98.0 Å². The zero-order valence-corrected chi connectivity index (χ0v) is 30.7. The maximum absolute atomic E-state index is 11.3. The summed E-state index contributed by atoms with van der Waals surface area (Å²) in [6.45, 7) is 3.54. The number of rotatable bonds is 7. The first-order valence-electron chi connectivity index (χ1n) is 17.6. The van der Waals surface area contributed by atoms with Crippen LogP contribution in [0.1, 0.15) is 72.5 Å². The maximum atomic E-state index is 11.3. The summed E-state index contributed by atoms with van der Waals surface area (Å²) in [5.74, 6) is 4.56. The fourth-order valence-electron chi connectivity index (χ4n) is 8.58. The third-order valence-electron chi connectivity index (χ3n) is 11.2. The van der Waals surface area contributed by atoms with Crippen molar-refractivity contribution in [3.8, 4) is 40.6 Å². The number of methoxy groups -OCH3 is 6. The topological polar surface area (TPSA) is 103 Å². The minimum absolute atomic E-state index is 0.304. The summed E-state index contributed by atoms with van der Waals surface area (Å²) in [6.07, 6.45) is 4.61. The molecule has 0 aromatic heterocycles. The van der Waals surface area contributed by atoms with Crippen molar-refractivity contribution in [3.05, 3.63) is 104 Å². The number of carbonyl (C=O) groups excluding carboxylic acids is 1. The van der Waals surface area contributed by atoms with Gasteiger partial charge in [0.1, 0.15) is 17.6 Å². The molecule has 52 heavy (non-hydrogen) atoms. The Hall–Kier alpha value is -5.24. The molecule has 4 aliphatic rings. The number of hydrogen-bond acceptors (Lipinski definition) is 10. The Labute approximate surface area is 305 Å². The average molecular weight is 704 g/mol. The molecular weight excluding hydrogens is 658 g/mol. The van der Waals surface area contributed by atoms with Crippen molar-refractivity contribution in [3.63, 3.8) is 0 Å². The van der Waals surface area contributed by atoms with Crippen LogP contribution < -0.4 is 28.4 Å². The van der Waals surface area contributed by atoms with E-state index in [1.807, 2.05) is 12.1 Å². The number of hydrogen-bond donors (Lipinski definition) is 0. The SMILES string of the molecule is COc1cc2c(cc1OC)[C@@H]1Cc3ccc(C#N)c(OC)c3CN1CC2.COc1cc2c(cc1OC)[C@@H]1Cc3ccc(C=O)c(OC)c3CN1CC2. The first-order chi connectivity index (χ1) is 25.4. The summed E-state index contributed by atoms with van der Waals surface area (Å²) in [5.41, 5.74) is 11.3. The Balaban J connectivity index is 0.000000162. The van der Waals surface area contributed by atoms with Crippen molar-refractivity contribution in [2.45, 2.75) is 50.9 Å². The van der Waals surface area contributed by atoms with Gasteiger partial charge in [0.2, 0.25) is 0 Å². The van der Waals surface area contributed by atoms with Crippen LogP contribution in [0.4, 0.5) is 0 Å². The van der Waals surface area contributed by atoms with E-state index in [1.165, 1.54) is 33.4 Å². The number of aldehydes is 1. The van der Waals surface area contributed by atoms with E-state index in [9.17, 15) is 10.1 Å². The van der Waals surface area contributed by atoms with Gasteiger partial charge in [-0.1, -0.05) is 12.1 Å². The summed E-state index contributed by atoms with van der Waals surface area (Å²) in [7, 11) is 9.98. The summed E-state index contributed by atoms with van der Waals surface area (Å²) in [6, 6.07) is 19.2. The number of benzene rings is 4. The predicted octanol–water partition coefficient (Wildman–Crippen LogP) is 6.42. The third kappa shape index (κ3) is 6.08. The molecule has 10 heteroatoms. The van der Waals surface area contributed by atoms with Gasteiger partial charge in [0.05, 0.1) is 53.8 Å². The quantitative estimate of drug-likeness (QED) is 0.201. The molecule has 0 N–H and O–H groups in total. The highest BCUT2D eigenvalue weighted by Gasteiger charge is 2.36. The van der Waals surface area contributed by atoms with Gasteiger partial charge >= 0.3 is 0 Å². The van der Waals surface area contributed by atoms with E-state index in [0.29, 0.717) is 29.0 Å². The zero-order valence-electron chi connectivity index (χ0n) is 30.7. The van der Waals surface area contributed by atoms with E-state index in [1.54, 1.807) is 42.7 Å². The maximum Gasteiger partial charge on any atom is 0.161 e. The zero-order chi connectivity index (χ0) is 36.5. The fraction of sp³-hybridized carbons (Fsp3) is 0.381. The molecule has 0 bridgehead atoms. The van der Waals surface area contributed by atoms with E-state index < -0.39 is 0 Å². The molecule has 4 aromatic carbocycles. The number of nitrogens with zero attached hydrogens (tertiary/aromatic N) is 3. The van der Waals surface area contributed by atoms with Crippen LogP contribution in [0, 0.1) is 11.3 Å². The van der Waals surface area contributed by atoms with Crippen molar-refractivity contribution in [2.24, 2.45) is 0 Å². The fourth-order valence-corrected chi connectivity index (χ4v) is 8.58. The molecule has 4 aromatic rings. The van der Waals surface area contributed by atoms with E-state index >= 15 is 0 Å². The number of fused-ring (bicyclic) bond motifs is 8. The van der Waals surface area contributed by atoms with Gasteiger partial charge in [0.25, 0.3) is 0 Å². The summed E-state index contributed by atoms with van der Waals surface area (Å²) < 4.78 is 33.1. The van der Waals surface area contributed by atoms with Gasteiger partial charge < -0.3 is 28.4 Å². The molecule has 2 atom stereocenters. The molecule has 4 aliphatic heterocycles. The Morgan fingerprint density at radius 3 is 1.52 bits per heavy atom. The lowest BCUT2D eigenvalue weighted by atomic mass is 9.83. The van der Waals surface area contributed by atoms with Crippen molar-refractivity contribution in [1.82, 2.24) is 9.80 Å². The van der Waals surface area contributed by atoms with Crippen LogP contribution >= 0.6 is 0 Å². The molecular formula is C42H45N3O7. The lowest BCUT2D eigenvalue weighted by molar-refractivity contribution is 0.111. The minimum Gasteiger partial charge on any atom is -0.496 e. The summed E-state index contributed by atoms with van der Waals surface area (Å²) >= 11 is 0. The van der Waals surface area contributed by atoms with Gasteiger partial charge in [-0.25, -0.2) is 0 Å². The lowest BCUT2D eigenvalue weighted by Crippen LogP contribution is -2.39. The van der Waals surface area contributed by atoms with Crippen molar-refractivity contribution >= 4 is 6.29 Å². The number of carbonyl (C=O) groups is 1. The highest BCUT2D eigenvalue weighted by Crippen LogP contribution is 2.46. The molecule has 0 aliphatic carbocycles. The molecule has 10 nitrogen and oxygen atoms in total. The molecule has 270 valence electrons. The molecule has 4 heterocycles. The van der Waals surface area contributed by atoms with Gasteiger partial charge in [-0.15, -0.1) is 0 Å². The molecule has 0 radical (unpaired) electrons. The first kappa shape index (κ1) is 35.2. The molecule has 8 rings (SSSR count). The molecule has 0 amide bonds. The molecule has 0 fully saturated rings. The second-order valence-electron chi connectivity index (χ2n) is 13.5. The van der Waals surface area contributed by atoms with Crippen LogP contribution in [0.5, 0.6) is 34.5 Å². The van der Waals surface area contributed by atoms with Crippen molar-refractivity contribution in [1.29, 1.82) is 5.26 Å². The van der Waals surface area contributed by atoms with E-state index in [2.05, 4.69) is 52.3 Å². The molecule has 0 spiro atoms. The Morgan fingerprint density at radius 1 is 0.615 bits per heavy atom. The second-order valence-corrected chi connectivity index (χ2v) is 13.5. The highest BCUT2D eigenvalue weighted by atomic mass is 16.5. The van der Waals surface area contributed by atoms with Crippen LogP contribution in [-0.4, -0.2) is 71.8 Å². The molecule has 0 saturated heterocycles. The van der Waals surface area contributed by atoms with Crippen LogP contribution in [0.25, 0.3) is 0 Å². The van der Waals surface area contributed by atoms with Crippen LogP contribution in [-0.2, 0) is 38.8 Å². The van der Waals surface area contributed by atoms with Crippen molar-refractivity contribution < 1.29 is 33.2 Å². The van der Waals surface area contributed by atoms with Gasteiger partial charge in [-0.05, 0) is 95.5 Å². The average Bonchev–Trinajstić information content (AvgIpc) is 3.20. The predicted molar refractivity (Wildman–Crippen MR) is 196 cm³/mol. The van der Waals surface area contributed by atoms with Crippen LogP contribution in [0.2, 0.25) is 0 Å². The smallest absolute Gasteiger partial charge is 0.161 e.